The fourth-order valence-electron chi connectivity index (χ4n) is 1.60. The molecule has 0 atom stereocenters. The Bertz CT molecular complexity index is 590. The van der Waals surface area contributed by atoms with Crippen LogP contribution in [0, 0.1) is 16.7 Å². The van der Waals surface area contributed by atoms with E-state index in [-0.39, 0.29) is 22.5 Å². The fraction of sp³-hybridized carbons (Fsp3) is 0.500. The molecular weight excluding hydrogens is 264 g/mol. The lowest BCUT2D eigenvalue weighted by molar-refractivity contribution is 0.292. The predicted octanol–water partition coefficient (Wildman–Crippen LogP) is 0.559. The normalized spacial score (nSPS) is 12.4. The van der Waals surface area contributed by atoms with E-state index in [1.165, 1.54) is 29.7 Å². The molecule has 0 aromatic carbocycles. The maximum atomic E-state index is 12.4. The molecular formula is C12H18N4O2S. The van der Waals surface area contributed by atoms with Crippen LogP contribution in [0.5, 0.6) is 0 Å². The van der Waals surface area contributed by atoms with Crippen LogP contribution in [0.4, 0.5) is 0 Å². The Hall–Kier alpha value is -1.49. The fourth-order valence-corrected chi connectivity index (χ4v) is 3.05. The van der Waals surface area contributed by atoms with Gasteiger partial charge in [0.25, 0.3) is 0 Å². The zero-order valence-corrected chi connectivity index (χ0v) is 12.1. The molecule has 0 saturated heterocycles. The third kappa shape index (κ3) is 3.50. The number of nitrogens with zero attached hydrogens (tertiary/aromatic N) is 3. The van der Waals surface area contributed by atoms with E-state index in [1.54, 1.807) is 6.07 Å². The van der Waals surface area contributed by atoms with Gasteiger partial charge in [-0.2, -0.15) is 5.26 Å². The highest BCUT2D eigenvalue weighted by atomic mass is 32.2. The molecule has 1 aromatic heterocycles. The summed E-state index contributed by atoms with van der Waals surface area (Å²) in [7, 11) is -2.26. The van der Waals surface area contributed by atoms with Crippen molar-refractivity contribution < 1.29 is 8.42 Å². The molecule has 0 amide bonds. The Morgan fingerprint density at radius 2 is 2.16 bits per heavy atom. The van der Waals surface area contributed by atoms with E-state index in [0.29, 0.717) is 6.54 Å². The minimum absolute atomic E-state index is 0.0761. The van der Waals surface area contributed by atoms with Crippen molar-refractivity contribution in [2.75, 3.05) is 20.1 Å². The summed E-state index contributed by atoms with van der Waals surface area (Å²) in [6, 6.07) is 4.67. The predicted molar refractivity (Wildman–Crippen MR) is 71.6 cm³/mol. The second-order valence-corrected chi connectivity index (χ2v) is 7.10. The standard InChI is InChI=1S/C12H18N4O2S/c1-12(2,8-14)9-16(3)19(17,18)11-5-4-6-15-10(11)7-13/h4-6H,8-9,14H2,1-3H3. The topological polar surface area (TPSA) is 100 Å². The Morgan fingerprint density at radius 3 is 2.68 bits per heavy atom. The number of hydrogen-bond acceptors (Lipinski definition) is 5. The van der Waals surface area contributed by atoms with Gasteiger partial charge in [0.15, 0.2) is 5.69 Å². The van der Waals surface area contributed by atoms with Crippen molar-refractivity contribution in [3.05, 3.63) is 24.0 Å². The molecule has 0 unspecified atom stereocenters. The first kappa shape index (κ1) is 15.6. The summed E-state index contributed by atoms with van der Waals surface area (Å²) in [5.41, 5.74) is 5.17. The van der Waals surface area contributed by atoms with Crippen molar-refractivity contribution >= 4 is 10.0 Å². The van der Waals surface area contributed by atoms with Gasteiger partial charge >= 0.3 is 0 Å². The molecule has 104 valence electrons. The van der Waals surface area contributed by atoms with Crippen LogP contribution in [0.3, 0.4) is 0 Å². The van der Waals surface area contributed by atoms with Gasteiger partial charge in [-0.25, -0.2) is 17.7 Å². The maximum Gasteiger partial charge on any atom is 0.245 e. The second kappa shape index (κ2) is 5.65. The average molecular weight is 282 g/mol. The van der Waals surface area contributed by atoms with Gasteiger partial charge < -0.3 is 5.73 Å². The molecule has 6 nitrogen and oxygen atoms in total. The van der Waals surface area contributed by atoms with Crippen LogP contribution in [0.15, 0.2) is 23.2 Å². The summed E-state index contributed by atoms with van der Waals surface area (Å²) in [6.07, 6.45) is 1.39. The summed E-state index contributed by atoms with van der Waals surface area (Å²) < 4.78 is 26.0. The van der Waals surface area contributed by atoms with Crippen LogP contribution >= 0.6 is 0 Å². The smallest absolute Gasteiger partial charge is 0.245 e. The zero-order chi connectivity index (χ0) is 14.7. The third-order valence-corrected chi connectivity index (χ3v) is 4.60. The van der Waals surface area contributed by atoms with Crippen molar-refractivity contribution in [2.24, 2.45) is 11.1 Å². The molecule has 0 aliphatic carbocycles. The lowest BCUT2D eigenvalue weighted by Gasteiger charge is -2.28. The van der Waals surface area contributed by atoms with Crippen LogP contribution in [0.25, 0.3) is 0 Å². The minimum Gasteiger partial charge on any atom is -0.330 e. The van der Waals surface area contributed by atoms with Gasteiger partial charge in [0.05, 0.1) is 0 Å². The van der Waals surface area contributed by atoms with Crippen molar-refractivity contribution in [1.82, 2.24) is 9.29 Å². The van der Waals surface area contributed by atoms with E-state index >= 15 is 0 Å². The van der Waals surface area contributed by atoms with Gasteiger partial charge in [0.2, 0.25) is 10.0 Å². The van der Waals surface area contributed by atoms with Gasteiger partial charge in [0.1, 0.15) is 11.0 Å². The highest BCUT2D eigenvalue weighted by molar-refractivity contribution is 7.89. The molecule has 0 aliphatic rings. The molecule has 2 N–H and O–H groups in total. The molecule has 1 aromatic rings. The minimum atomic E-state index is -3.73. The Morgan fingerprint density at radius 1 is 1.53 bits per heavy atom. The van der Waals surface area contributed by atoms with Crippen molar-refractivity contribution in [3.63, 3.8) is 0 Å². The number of pyridine rings is 1. The number of rotatable bonds is 5. The van der Waals surface area contributed by atoms with Gasteiger partial charge in [0, 0.05) is 19.8 Å². The Balaban J connectivity index is 3.15. The van der Waals surface area contributed by atoms with E-state index in [1.807, 2.05) is 13.8 Å². The first-order chi connectivity index (χ1) is 8.74. The number of hydrogen-bond donors (Lipinski definition) is 1. The molecule has 0 saturated carbocycles. The summed E-state index contributed by atoms with van der Waals surface area (Å²) in [6.45, 7) is 4.40. The number of nitrogens with two attached hydrogens (primary N) is 1. The summed E-state index contributed by atoms with van der Waals surface area (Å²) >= 11 is 0. The van der Waals surface area contributed by atoms with Gasteiger partial charge in [-0.15, -0.1) is 0 Å². The number of sulfonamides is 1. The molecule has 0 bridgehead atoms. The Labute approximate surface area is 113 Å². The number of nitriles is 1. The van der Waals surface area contributed by atoms with Crippen molar-refractivity contribution in [1.29, 1.82) is 5.26 Å². The zero-order valence-electron chi connectivity index (χ0n) is 11.3. The quantitative estimate of drug-likeness (QED) is 0.850. The van der Waals surface area contributed by atoms with E-state index in [0.717, 1.165) is 0 Å². The highest BCUT2D eigenvalue weighted by Gasteiger charge is 2.29. The van der Waals surface area contributed by atoms with Crippen LogP contribution in [0.1, 0.15) is 19.5 Å². The van der Waals surface area contributed by atoms with E-state index in [9.17, 15) is 8.42 Å². The van der Waals surface area contributed by atoms with Crippen LogP contribution in [0.2, 0.25) is 0 Å². The molecule has 1 heterocycles. The molecule has 7 heteroatoms. The molecule has 0 aliphatic heterocycles. The SMILES string of the molecule is CN(CC(C)(C)CN)S(=O)(=O)c1cccnc1C#N. The van der Waals surface area contributed by atoms with Gasteiger partial charge in [-0.05, 0) is 24.1 Å². The number of aromatic nitrogens is 1. The molecule has 0 radical (unpaired) electrons. The van der Waals surface area contributed by atoms with E-state index in [4.69, 9.17) is 11.0 Å². The van der Waals surface area contributed by atoms with E-state index < -0.39 is 10.0 Å². The molecule has 0 fully saturated rings. The lowest BCUT2D eigenvalue weighted by Crippen LogP contribution is -2.40. The maximum absolute atomic E-state index is 12.4. The summed E-state index contributed by atoms with van der Waals surface area (Å²) in [5, 5.41) is 8.93. The monoisotopic (exact) mass is 282 g/mol. The lowest BCUT2D eigenvalue weighted by atomic mass is 9.94. The van der Waals surface area contributed by atoms with Crippen molar-refractivity contribution in [2.45, 2.75) is 18.7 Å². The van der Waals surface area contributed by atoms with Crippen LogP contribution in [-0.4, -0.2) is 37.8 Å². The average Bonchev–Trinajstić information content (AvgIpc) is 2.38. The van der Waals surface area contributed by atoms with Gasteiger partial charge in [-0.1, -0.05) is 13.8 Å². The van der Waals surface area contributed by atoms with Crippen LogP contribution < -0.4 is 5.73 Å². The summed E-state index contributed by atoms with van der Waals surface area (Å²) in [4.78, 5) is 3.69. The van der Waals surface area contributed by atoms with Crippen molar-refractivity contribution in [3.8, 4) is 6.07 Å². The Kier molecular flexibility index (Phi) is 4.63. The molecule has 19 heavy (non-hydrogen) atoms. The van der Waals surface area contributed by atoms with Crippen LogP contribution in [-0.2, 0) is 10.0 Å². The van der Waals surface area contributed by atoms with Gasteiger partial charge in [-0.3, -0.25) is 0 Å². The first-order valence-corrected chi connectivity index (χ1v) is 7.20. The third-order valence-electron chi connectivity index (χ3n) is 2.77. The highest BCUT2D eigenvalue weighted by Crippen LogP contribution is 2.21. The first-order valence-electron chi connectivity index (χ1n) is 5.76. The van der Waals surface area contributed by atoms with E-state index in [2.05, 4.69) is 4.98 Å². The second-order valence-electron chi connectivity index (χ2n) is 5.09. The molecule has 0 spiro atoms. The largest absolute Gasteiger partial charge is 0.330 e. The molecule has 1 rings (SSSR count). The summed E-state index contributed by atoms with van der Waals surface area (Å²) in [5.74, 6) is 0.